The van der Waals surface area contributed by atoms with Crippen molar-refractivity contribution in [3.63, 3.8) is 0 Å². The molecular formula is C38H52O8. The van der Waals surface area contributed by atoms with Gasteiger partial charge in [-0.05, 0) is 110 Å². The average Bonchev–Trinajstić information content (AvgIpc) is 3.52. The summed E-state index contributed by atoms with van der Waals surface area (Å²) in [6.45, 7) is 9.18. The van der Waals surface area contributed by atoms with Gasteiger partial charge < -0.3 is 40.1 Å². The predicted molar refractivity (Wildman–Crippen MR) is 173 cm³/mol. The van der Waals surface area contributed by atoms with Crippen LogP contribution < -0.4 is 0 Å². The minimum atomic E-state index is -0.473. The highest BCUT2D eigenvalue weighted by molar-refractivity contribution is 5.57. The summed E-state index contributed by atoms with van der Waals surface area (Å²) in [5.41, 5.74) is 7.82. The maximum Gasteiger partial charge on any atom is 0.122 e. The molecule has 0 bridgehead atoms. The van der Waals surface area contributed by atoms with Crippen LogP contribution in [0, 0.1) is 10.8 Å². The minimum Gasteiger partial charge on any atom is -0.508 e. The maximum absolute atomic E-state index is 10.7. The van der Waals surface area contributed by atoms with Crippen molar-refractivity contribution in [2.75, 3.05) is 26.4 Å². The number of phenolic OH excluding ortho intramolecular Hbond substituents is 2. The minimum absolute atomic E-state index is 0.106. The third kappa shape index (κ3) is 4.54. The Hall–Kier alpha value is -2.20. The molecule has 2 aliphatic heterocycles. The highest BCUT2D eigenvalue weighted by atomic mass is 16.5. The fourth-order valence-electron chi connectivity index (χ4n) is 9.97. The van der Waals surface area contributed by atoms with Gasteiger partial charge in [0.25, 0.3) is 0 Å². The lowest BCUT2D eigenvalue weighted by Crippen LogP contribution is -2.38. The highest BCUT2D eigenvalue weighted by Gasteiger charge is 2.54. The van der Waals surface area contributed by atoms with Gasteiger partial charge in [-0.3, -0.25) is 0 Å². The van der Waals surface area contributed by atoms with E-state index in [2.05, 4.69) is 27.7 Å². The molecule has 0 amide bonds. The number of fused-ring (bicyclic) bond motifs is 10. The Labute approximate surface area is 272 Å². The zero-order valence-corrected chi connectivity index (χ0v) is 27.9. The van der Waals surface area contributed by atoms with Gasteiger partial charge in [0, 0.05) is 32.8 Å². The number of hydrogen-bond acceptors (Lipinski definition) is 8. The van der Waals surface area contributed by atoms with Crippen molar-refractivity contribution >= 4 is 0 Å². The van der Waals surface area contributed by atoms with Gasteiger partial charge in [-0.25, -0.2) is 0 Å². The van der Waals surface area contributed by atoms with Crippen LogP contribution in [0.2, 0.25) is 0 Å². The SMILES string of the molecule is C[C@@]1(CO)CCCc2c1cc(O)c1c2CC[C@@]2(C)[C@@H](O)CO[C@@H]12.C[C@@]1(CO)CCCc2c1cc(O)c1c2CC[C@@]2(C)[C@@H](O)CO[C@@H]12. The summed E-state index contributed by atoms with van der Waals surface area (Å²) in [6, 6.07) is 3.70. The van der Waals surface area contributed by atoms with E-state index >= 15 is 0 Å². The summed E-state index contributed by atoms with van der Waals surface area (Å²) < 4.78 is 11.8. The van der Waals surface area contributed by atoms with Gasteiger partial charge in [-0.2, -0.15) is 0 Å². The smallest absolute Gasteiger partial charge is 0.122 e. The summed E-state index contributed by atoms with van der Waals surface area (Å²) in [5, 5.41) is 61.9. The normalized spacial score (nSPS) is 38.8. The summed E-state index contributed by atoms with van der Waals surface area (Å²) in [5.74, 6) is 0.538. The number of benzene rings is 2. The van der Waals surface area contributed by atoms with Crippen LogP contribution in [0.25, 0.3) is 0 Å². The van der Waals surface area contributed by atoms with Crippen LogP contribution >= 0.6 is 0 Å². The molecule has 2 fully saturated rings. The highest BCUT2D eigenvalue weighted by Crippen LogP contribution is 2.58. The number of ether oxygens (including phenoxy) is 2. The van der Waals surface area contributed by atoms with Crippen molar-refractivity contribution in [2.24, 2.45) is 10.8 Å². The lowest BCUT2D eigenvalue weighted by atomic mass is 9.64. The first-order valence-electron chi connectivity index (χ1n) is 17.4. The number of aliphatic hydroxyl groups is 4. The van der Waals surface area contributed by atoms with Crippen LogP contribution in [0.5, 0.6) is 11.5 Å². The second-order valence-electron chi connectivity index (χ2n) is 16.2. The molecule has 2 aromatic carbocycles. The molecule has 8 atom stereocenters. The van der Waals surface area contributed by atoms with E-state index in [-0.39, 0.29) is 58.6 Å². The van der Waals surface area contributed by atoms with E-state index in [1.54, 1.807) is 0 Å². The standard InChI is InChI=1S/2C19H26O4/c2*1-18(10-20)6-3-4-11-12-5-7-19(2)15(22)9-23-17(19)16(12)14(21)8-13(11)18/h2*8,15,17,20-22H,3-7,9-10H2,1-2H3/t2*15-,17-,18-,19-/m00/s1. The summed E-state index contributed by atoms with van der Waals surface area (Å²) in [4.78, 5) is 0. The van der Waals surface area contributed by atoms with Gasteiger partial charge in [-0.15, -0.1) is 0 Å². The molecule has 252 valence electrons. The second kappa shape index (κ2) is 11.2. The van der Waals surface area contributed by atoms with Crippen LogP contribution in [-0.2, 0) is 46.0 Å². The van der Waals surface area contributed by atoms with Gasteiger partial charge in [0.15, 0.2) is 0 Å². The number of hydrogen-bond donors (Lipinski definition) is 6. The first-order valence-corrected chi connectivity index (χ1v) is 17.4. The van der Waals surface area contributed by atoms with Crippen molar-refractivity contribution in [1.82, 2.24) is 0 Å². The van der Waals surface area contributed by atoms with Gasteiger partial charge in [0.2, 0.25) is 0 Å². The number of rotatable bonds is 2. The summed E-state index contributed by atoms with van der Waals surface area (Å²) in [6.07, 6.45) is 8.09. The quantitative estimate of drug-likeness (QED) is 0.278. The fraction of sp³-hybridized carbons (Fsp3) is 0.684. The lowest BCUT2D eigenvalue weighted by Gasteiger charge is -2.42. The monoisotopic (exact) mass is 636 g/mol. The molecule has 0 spiro atoms. The second-order valence-corrected chi connectivity index (χ2v) is 16.2. The average molecular weight is 637 g/mol. The first kappa shape index (κ1) is 32.4. The Morgan fingerprint density at radius 1 is 0.609 bits per heavy atom. The molecule has 4 aliphatic carbocycles. The Morgan fingerprint density at radius 2 is 1.00 bits per heavy atom. The maximum atomic E-state index is 10.7. The Morgan fingerprint density at radius 3 is 1.37 bits per heavy atom. The van der Waals surface area contributed by atoms with Crippen LogP contribution in [0.15, 0.2) is 12.1 Å². The summed E-state index contributed by atoms with van der Waals surface area (Å²) >= 11 is 0. The molecule has 8 rings (SSSR count). The van der Waals surface area contributed by atoms with Crippen molar-refractivity contribution in [2.45, 2.75) is 127 Å². The van der Waals surface area contributed by atoms with Crippen molar-refractivity contribution in [3.05, 3.63) is 56.6 Å². The number of aliphatic hydroxyl groups excluding tert-OH is 4. The molecule has 0 unspecified atom stereocenters. The molecule has 2 heterocycles. The van der Waals surface area contributed by atoms with E-state index in [9.17, 15) is 30.6 Å². The predicted octanol–water partition coefficient (Wildman–Crippen LogP) is 4.73. The molecule has 0 saturated carbocycles. The molecule has 6 aliphatic rings. The third-order valence-corrected chi connectivity index (χ3v) is 13.4. The number of aromatic hydroxyl groups is 2. The van der Waals surface area contributed by atoms with E-state index in [0.29, 0.717) is 13.2 Å². The Bertz CT molecular complexity index is 1420. The third-order valence-electron chi connectivity index (χ3n) is 13.4. The van der Waals surface area contributed by atoms with Crippen molar-refractivity contribution < 1.29 is 40.1 Å². The Kier molecular flexibility index (Phi) is 7.86. The molecular weight excluding hydrogens is 584 g/mol. The van der Waals surface area contributed by atoms with E-state index in [4.69, 9.17) is 9.47 Å². The zero-order chi connectivity index (χ0) is 32.8. The van der Waals surface area contributed by atoms with Gasteiger partial charge in [0.1, 0.15) is 11.5 Å². The van der Waals surface area contributed by atoms with Crippen LogP contribution in [0.1, 0.15) is 123 Å². The van der Waals surface area contributed by atoms with E-state index in [1.807, 2.05) is 12.1 Å². The molecule has 0 aromatic heterocycles. The van der Waals surface area contributed by atoms with Crippen LogP contribution in [0.4, 0.5) is 0 Å². The van der Waals surface area contributed by atoms with Crippen LogP contribution in [-0.4, -0.2) is 69.3 Å². The van der Waals surface area contributed by atoms with Gasteiger partial charge in [-0.1, -0.05) is 27.7 Å². The topological polar surface area (TPSA) is 140 Å². The molecule has 0 radical (unpaired) electrons. The zero-order valence-electron chi connectivity index (χ0n) is 27.9. The van der Waals surface area contributed by atoms with Crippen molar-refractivity contribution in [1.29, 1.82) is 0 Å². The van der Waals surface area contributed by atoms with Gasteiger partial charge >= 0.3 is 0 Å². The van der Waals surface area contributed by atoms with E-state index in [1.165, 1.54) is 22.3 Å². The molecule has 8 nitrogen and oxygen atoms in total. The summed E-state index contributed by atoms with van der Waals surface area (Å²) in [7, 11) is 0. The van der Waals surface area contributed by atoms with E-state index in [0.717, 1.165) is 86.5 Å². The van der Waals surface area contributed by atoms with Gasteiger partial charge in [0.05, 0.1) is 50.8 Å². The molecule has 8 heteroatoms. The molecule has 46 heavy (non-hydrogen) atoms. The van der Waals surface area contributed by atoms with E-state index < -0.39 is 12.2 Å². The van der Waals surface area contributed by atoms with Crippen molar-refractivity contribution in [3.8, 4) is 11.5 Å². The molecule has 6 N–H and O–H groups in total. The first-order chi connectivity index (χ1) is 21.8. The molecule has 2 aromatic rings. The number of phenols is 2. The largest absolute Gasteiger partial charge is 0.508 e. The fourth-order valence-corrected chi connectivity index (χ4v) is 9.97. The Balaban J connectivity index is 0.000000147. The lowest BCUT2D eigenvalue weighted by molar-refractivity contribution is 0.0241. The molecule has 2 saturated heterocycles. The van der Waals surface area contributed by atoms with Crippen LogP contribution in [0.3, 0.4) is 0 Å².